The SMILES string of the molecule is Cc1ccc([C@H](c2ccccn2)N(CC2CCN(CCOc3ccc(F)cc3)CC2)C(C)C)cc1. The van der Waals surface area contributed by atoms with Crippen LogP contribution in [0.1, 0.15) is 49.6 Å². The maximum Gasteiger partial charge on any atom is 0.123 e. The Balaban J connectivity index is 1.36. The van der Waals surface area contributed by atoms with E-state index in [1.165, 1.54) is 36.1 Å². The Kier molecular flexibility index (Phi) is 8.89. The van der Waals surface area contributed by atoms with Gasteiger partial charge in [-0.1, -0.05) is 35.9 Å². The lowest BCUT2D eigenvalue weighted by Gasteiger charge is -2.40. The Morgan fingerprint density at radius 1 is 1.00 bits per heavy atom. The number of aromatic nitrogens is 1. The first kappa shape index (κ1) is 25.3. The molecule has 1 saturated heterocycles. The summed E-state index contributed by atoms with van der Waals surface area (Å²) < 4.78 is 18.9. The molecule has 0 unspecified atom stereocenters. The van der Waals surface area contributed by atoms with Crippen molar-refractivity contribution in [1.82, 2.24) is 14.8 Å². The Hall–Kier alpha value is -2.76. The highest BCUT2D eigenvalue weighted by molar-refractivity contribution is 5.30. The predicted octanol–water partition coefficient (Wildman–Crippen LogP) is 6.12. The van der Waals surface area contributed by atoms with Crippen LogP contribution in [0.5, 0.6) is 5.75 Å². The lowest BCUT2D eigenvalue weighted by Crippen LogP contribution is -2.43. The molecule has 1 aliphatic rings. The zero-order valence-corrected chi connectivity index (χ0v) is 21.2. The average Bonchev–Trinajstić information content (AvgIpc) is 2.87. The van der Waals surface area contributed by atoms with Crippen molar-refractivity contribution < 1.29 is 9.13 Å². The molecule has 0 bridgehead atoms. The highest BCUT2D eigenvalue weighted by Crippen LogP contribution is 2.32. The van der Waals surface area contributed by atoms with Crippen LogP contribution in [0.2, 0.25) is 0 Å². The number of piperidine rings is 1. The van der Waals surface area contributed by atoms with Gasteiger partial charge in [-0.25, -0.2) is 4.39 Å². The Bertz CT molecular complexity index is 1020. The highest BCUT2D eigenvalue weighted by atomic mass is 19.1. The third-order valence-electron chi connectivity index (χ3n) is 7.02. The third-order valence-corrected chi connectivity index (χ3v) is 7.02. The van der Waals surface area contributed by atoms with Gasteiger partial charge in [0.2, 0.25) is 0 Å². The largest absolute Gasteiger partial charge is 0.492 e. The fourth-order valence-electron chi connectivity index (χ4n) is 4.95. The van der Waals surface area contributed by atoms with Gasteiger partial charge in [-0.2, -0.15) is 0 Å². The summed E-state index contributed by atoms with van der Waals surface area (Å²) in [5.74, 6) is 1.15. The van der Waals surface area contributed by atoms with E-state index in [0.717, 1.165) is 37.6 Å². The molecule has 2 heterocycles. The molecule has 5 heteroatoms. The van der Waals surface area contributed by atoms with Gasteiger partial charge in [-0.3, -0.25) is 14.8 Å². The molecule has 0 saturated carbocycles. The van der Waals surface area contributed by atoms with Crippen LogP contribution in [0.4, 0.5) is 4.39 Å². The summed E-state index contributed by atoms with van der Waals surface area (Å²) in [5, 5.41) is 0. The molecule has 0 N–H and O–H groups in total. The van der Waals surface area contributed by atoms with E-state index in [4.69, 9.17) is 9.72 Å². The quantitative estimate of drug-likeness (QED) is 0.353. The minimum atomic E-state index is -0.234. The second-order valence-electron chi connectivity index (χ2n) is 9.95. The van der Waals surface area contributed by atoms with E-state index < -0.39 is 0 Å². The Morgan fingerprint density at radius 2 is 1.71 bits per heavy atom. The highest BCUT2D eigenvalue weighted by Gasteiger charge is 2.29. The Labute approximate surface area is 209 Å². The molecule has 2 aromatic carbocycles. The molecule has 1 aromatic heterocycles. The van der Waals surface area contributed by atoms with Crippen molar-refractivity contribution in [3.63, 3.8) is 0 Å². The minimum absolute atomic E-state index is 0.152. The topological polar surface area (TPSA) is 28.6 Å². The van der Waals surface area contributed by atoms with Gasteiger partial charge in [0.1, 0.15) is 18.2 Å². The number of ether oxygens (including phenoxy) is 1. The van der Waals surface area contributed by atoms with Gasteiger partial charge in [0.25, 0.3) is 0 Å². The van der Waals surface area contributed by atoms with E-state index in [1.807, 2.05) is 12.3 Å². The van der Waals surface area contributed by atoms with Crippen LogP contribution >= 0.6 is 0 Å². The zero-order chi connectivity index (χ0) is 24.6. The van der Waals surface area contributed by atoms with Crippen LogP contribution in [-0.4, -0.2) is 53.6 Å². The molecule has 0 spiro atoms. The van der Waals surface area contributed by atoms with Crippen LogP contribution < -0.4 is 4.74 Å². The number of hydrogen-bond donors (Lipinski definition) is 0. The van der Waals surface area contributed by atoms with Crippen molar-refractivity contribution in [3.05, 3.63) is 95.6 Å². The predicted molar refractivity (Wildman–Crippen MR) is 140 cm³/mol. The first-order chi connectivity index (χ1) is 17.0. The second kappa shape index (κ2) is 12.3. The maximum absolute atomic E-state index is 13.1. The summed E-state index contributed by atoms with van der Waals surface area (Å²) in [4.78, 5) is 9.88. The summed E-state index contributed by atoms with van der Waals surface area (Å²) in [6.45, 7) is 11.5. The van der Waals surface area contributed by atoms with E-state index in [0.29, 0.717) is 18.6 Å². The van der Waals surface area contributed by atoms with E-state index in [1.54, 1.807) is 12.1 Å². The number of rotatable bonds is 10. The monoisotopic (exact) mass is 475 g/mol. The van der Waals surface area contributed by atoms with E-state index in [9.17, 15) is 4.39 Å². The minimum Gasteiger partial charge on any atom is -0.492 e. The van der Waals surface area contributed by atoms with Crippen molar-refractivity contribution in [3.8, 4) is 5.75 Å². The number of aryl methyl sites for hydroxylation is 1. The molecule has 0 radical (unpaired) electrons. The molecular formula is C30H38FN3O. The van der Waals surface area contributed by atoms with Crippen LogP contribution in [0.15, 0.2) is 72.9 Å². The van der Waals surface area contributed by atoms with Gasteiger partial charge in [-0.15, -0.1) is 0 Å². The molecule has 3 aromatic rings. The van der Waals surface area contributed by atoms with E-state index in [-0.39, 0.29) is 11.9 Å². The average molecular weight is 476 g/mol. The van der Waals surface area contributed by atoms with Gasteiger partial charge in [-0.05, 0) is 94.6 Å². The molecule has 0 aliphatic carbocycles. The smallest absolute Gasteiger partial charge is 0.123 e. The number of nitrogens with zero attached hydrogens (tertiary/aromatic N) is 3. The van der Waals surface area contributed by atoms with E-state index >= 15 is 0 Å². The van der Waals surface area contributed by atoms with Gasteiger partial charge in [0, 0.05) is 25.3 Å². The fraction of sp³-hybridized carbons (Fsp3) is 0.433. The maximum atomic E-state index is 13.1. The third kappa shape index (κ3) is 7.12. The van der Waals surface area contributed by atoms with Gasteiger partial charge >= 0.3 is 0 Å². The standard InChI is InChI=1S/C30H38FN3O/c1-23(2)34(30(29-6-4-5-17-32-29)26-9-7-24(3)8-10-26)22-25-15-18-33(19-16-25)20-21-35-28-13-11-27(31)12-14-28/h4-14,17,23,25,30H,15-16,18-22H2,1-3H3/t30-/m1/s1. The van der Waals surface area contributed by atoms with Gasteiger partial charge in [0.15, 0.2) is 0 Å². The summed E-state index contributed by atoms with van der Waals surface area (Å²) >= 11 is 0. The van der Waals surface area contributed by atoms with Gasteiger partial charge in [0.05, 0.1) is 11.7 Å². The molecule has 4 rings (SSSR count). The zero-order valence-electron chi connectivity index (χ0n) is 21.2. The molecule has 4 nitrogen and oxygen atoms in total. The number of likely N-dealkylation sites (tertiary alicyclic amines) is 1. The van der Waals surface area contributed by atoms with Gasteiger partial charge < -0.3 is 4.74 Å². The Morgan fingerprint density at radius 3 is 2.34 bits per heavy atom. The van der Waals surface area contributed by atoms with Crippen LogP contribution in [0.25, 0.3) is 0 Å². The van der Waals surface area contributed by atoms with Crippen LogP contribution in [0.3, 0.4) is 0 Å². The molecule has 0 amide bonds. The van der Waals surface area contributed by atoms with Crippen molar-refractivity contribution in [2.24, 2.45) is 5.92 Å². The number of halogens is 1. The number of hydrogen-bond acceptors (Lipinski definition) is 4. The summed E-state index contributed by atoms with van der Waals surface area (Å²) in [6, 6.07) is 22.0. The molecular weight excluding hydrogens is 437 g/mol. The van der Waals surface area contributed by atoms with Crippen LogP contribution in [-0.2, 0) is 0 Å². The lowest BCUT2D eigenvalue weighted by atomic mass is 9.92. The first-order valence-electron chi connectivity index (χ1n) is 12.8. The second-order valence-corrected chi connectivity index (χ2v) is 9.95. The molecule has 35 heavy (non-hydrogen) atoms. The molecule has 1 fully saturated rings. The molecule has 186 valence electrons. The number of pyridine rings is 1. The summed E-state index contributed by atoms with van der Waals surface area (Å²) in [5.41, 5.74) is 3.69. The van der Waals surface area contributed by atoms with Crippen molar-refractivity contribution in [2.75, 3.05) is 32.8 Å². The summed E-state index contributed by atoms with van der Waals surface area (Å²) in [7, 11) is 0. The molecule has 1 atom stereocenters. The van der Waals surface area contributed by atoms with Crippen molar-refractivity contribution in [2.45, 2.75) is 45.7 Å². The van der Waals surface area contributed by atoms with Crippen LogP contribution in [0, 0.1) is 18.7 Å². The fourth-order valence-corrected chi connectivity index (χ4v) is 4.95. The number of benzene rings is 2. The van der Waals surface area contributed by atoms with Crippen molar-refractivity contribution in [1.29, 1.82) is 0 Å². The van der Waals surface area contributed by atoms with E-state index in [2.05, 4.69) is 67.0 Å². The summed E-state index contributed by atoms with van der Waals surface area (Å²) in [6.07, 6.45) is 4.27. The first-order valence-corrected chi connectivity index (χ1v) is 12.8. The van der Waals surface area contributed by atoms with Crippen molar-refractivity contribution >= 4 is 0 Å². The lowest BCUT2D eigenvalue weighted by molar-refractivity contribution is 0.0983. The normalized spacial score (nSPS) is 16.1. The molecule has 1 aliphatic heterocycles.